The number of rotatable bonds is 5. The number of amides is 1. The van der Waals surface area contributed by atoms with E-state index in [1.54, 1.807) is 13.0 Å². The highest BCUT2D eigenvalue weighted by Gasteiger charge is 2.21. The van der Waals surface area contributed by atoms with Crippen molar-refractivity contribution in [1.29, 1.82) is 0 Å². The van der Waals surface area contributed by atoms with Crippen molar-refractivity contribution in [3.05, 3.63) is 58.1 Å². The molecule has 0 bridgehead atoms. The van der Waals surface area contributed by atoms with Crippen molar-refractivity contribution in [1.82, 2.24) is 5.32 Å². The molecule has 2 rings (SSSR count). The zero-order chi connectivity index (χ0) is 17.9. The lowest BCUT2D eigenvalue weighted by atomic mass is 10.1. The van der Waals surface area contributed by atoms with E-state index < -0.39 is 10.0 Å². The summed E-state index contributed by atoms with van der Waals surface area (Å²) in [6.07, 6.45) is 0. The first-order valence-corrected chi connectivity index (χ1v) is 9.28. The van der Waals surface area contributed by atoms with Gasteiger partial charge in [0.1, 0.15) is 4.90 Å². The van der Waals surface area contributed by atoms with E-state index in [1.165, 1.54) is 18.2 Å². The second kappa shape index (κ2) is 7.23. The van der Waals surface area contributed by atoms with Crippen LogP contribution in [0, 0.1) is 13.8 Å². The zero-order valence-corrected chi connectivity index (χ0v) is 15.3. The molecule has 5 nitrogen and oxygen atoms in total. The molecule has 2 aromatic carbocycles. The van der Waals surface area contributed by atoms with Gasteiger partial charge in [-0.15, -0.1) is 0 Å². The average Bonchev–Trinajstić information content (AvgIpc) is 2.51. The summed E-state index contributed by atoms with van der Waals surface area (Å²) in [6.45, 7) is 5.92. The minimum atomic E-state index is -3.92. The predicted octanol–water partition coefficient (Wildman–Crippen LogP) is 3.51. The van der Waals surface area contributed by atoms with E-state index in [-0.39, 0.29) is 21.4 Å². The van der Waals surface area contributed by atoms with Crippen LogP contribution in [0.4, 0.5) is 5.69 Å². The summed E-state index contributed by atoms with van der Waals surface area (Å²) in [6, 6.07) is 9.65. The summed E-state index contributed by atoms with van der Waals surface area (Å²) in [5.74, 6) is -0.350. The molecule has 0 saturated heterocycles. The first-order chi connectivity index (χ1) is 11.2. The van der Waals surface area contributed by atoms with E-state index in [0.717, 1.165) is 11.1 Å². The first kappa shape index (κ1) is 18.3. The fourth-order valence-corrected chi connectivity index (χ4v) is 3.81. The minimum absolute atomic E-state index is 0.0563. The Kier molecular flexibility index (Phi) is 5.51. The van der Waals surface area contributed by atoms with Crippen molar-refractivity contribution >= 4 is 33.2 Å². The molecule has 24 heavy (non-hydrogen) atoms. The number of carbonyl (C=O) groups excluding carboxylic acids is 1. The quantitative estimate of drug-likeness (QED) is 0.850. The minimum Gasteiger partial charge on any atom is -0.352 e. The van der Waals surface area contributed by atoms with Gasteiger partial charge < -0.3 is 5.32 Å². The summed E-state index contributed by atoms with van der Waals surface area (Å²) >= 11 is 6.05. The fourth-order valence-electron chi connectivity index (χ4n) is 2.16. The van der Waals surface area contributed by atoms with Crippen LogP contribution in [0.25, 0.3) is 0 Å². The highest BCUT2D eigenvalue weighted by atomic mass is 35.5. The Balaban J connectivity index is 2.43. The summed E-state index contributed by atoms with van der Waals surface area (Å²) in [7, 11) is -3.92. The van der Waals surface area contributed by atoms with Crippen LogP contribution in [0.1, 0.15) is 28.4 Å². The number of nitrogens with one attached hydrogen (secondary N) is 2. The van der Waals surface area contributed by atoms with Crippen LogP contribution in [-0.4, -0.2) is 20.9 Å². The maximum absolute atomic E-state index is 12.7. The molecular formula is C17H19ClN2O3S. The van der Waals surface area contributed by atoms with Gasteiger partial charge in [0.15, 0.2) is 0 Å². The van der Waals surface area contributed by atoms with E-state index in [4.69, 9.17) is 11.6 Å². The molecule has 0 unspecified atom stereocenters. The molecule has 7 heteroatoms. The zero-order valence-electron chi connectivity index (χ0n) is 13.7. The maximum atomic E-state index is 12.7. The molecule has 0 atom stereocenters. The molecule has 0 saturated carbocycles. The third-order valence-corrected chi connectivity index (χ3v) is 5.30. The predicted molar refractivity (Wildman–Crippen MR) is 96.2 cm³/mol. The van der Waals surface area contributed by atoms with E-state index >= 15 is 0 Å². The number of sulfonamides is 1. The second-order valence-corrected chi connectivity index (χ2v) is 7.49. The third kappa shape index (κ3) is 4.07. The number of carbonyl (C=O) groups is 1. The van der Waals surface area contributed by atoms with Gasteiger partial charge in [-0.2, -0.15) is 0 Å². The van der Waals surface area contributed by atoms with Gasteiger partial charge in [0.2, 0.25) is 0 Å². The normalized spacial score (nSPS) is 11.2. The average molecular weight is 367 g/mol. The number of aryl methyl sites for hydroxylation is 2. The number of hydrogen-bond donors (Lipinski definition) is 2. The molecule has 0 aliphatic heterocycles. The lowest BCUT2D eigenvalue weighted by Gasteiger charge is -2.13. The van der Waals surface area contributed by atoms with Gasteiger partial charge in [-0.3, -0.25) is 9.52 Å². The van der Waals surface area contributed by atoms with E-state index in [0.29, 0.717) is 12.2 Å². The standard InChI is InChI=1S/C17H19ClN2O3S/c1-4-19-17(21)13-7-8-14(18)16(10-13)24(22,23)20-15-9-11(2)5-6-12(15)3/h5-10,20H,4H2,1-3H3,(H,19,21). The molecule has 0 aliphatic carbocycles. The Hall–Kier alpha value is -2.05. The maximum Gasteiger partial charge on any atom is 0.263 e. The molecule has 2 aromatic rings. The molecule has 0 aromatic heterocycles. The van der Waals surface area contributed by atoms with Gasteiger partial charge in [0, 0.05) is 12.1 Å². The fraction of sp³-hybridized carbons (Fsp3) is 0.235. The summed E-state index contributed by atoms with van der Waals surface area (Å²) < 4.78 is 27.9. The van der Waals surface area contributed by atoms with Crippen molar-refractivity contribution in [3.8, 4) is 0 Å². The smallest absolute Gasteiger partial charge is 0.263 e. The Labute approximate surface area is 147 Å². The van der Waals surface area contributed by atoms with Crippen molar-refractivity contribution in [2.75, 3.05) is 11.3 Å². The topological polar surface area (TPSA) is 75.3 Å². The van der Waals surface area contributed by atoms with Crippen LogP contribution in [0.2, 0.25) is 5.02 Å². The highest BCUT2D eigenvalue weighted by molar-refractivity contribution is 7.92. The molecule has 0 radical (unpaired) electrons. The van der Waals surface area contributed by atoms with Crippen molar-refractivity contribution in [2.45, 2.75) is 25.7 Å². The molecule has 0 fully saturated rings. The Morgan fingerprint density at radius 3 is 2.50 bits per heavy atom. The van der Waals surface area contributed by atoms with Crippen LogP contribution >= 0.6 is 11.6 Å². The van der Waals surface area contributed by atoms with Gasteiger partial charge in [-0.25, -0.2) is 8.42 Å². The molecule has 1 amide bonds. The lowest BCUT2D eigenvalue weighted by molar-refractivity contribution is 0.0955. The summed E-state index contributed by atoms with van der Waals surface area (Å²) in [5.41, 5.74) is 2.44. The van der Waals surface area contributed by atoms with Gasteiger partial charge in [0.05, 0.1) is 10.7 Å². The van der Waals surface area contributed by atoms with Gasteiger partial charge in [-0.1, -0.05) is 23.7 Å². The first-order valence-electron chi connectivity index (χ1n) is 7.42. The lowest BCUT2D eigenvalue weighted by Crippen LogP contribution is -2.23. The van der Waals surface area contributed by atoms with Crippen LogP contribution in [0.5, 0.6) is 0 Å². The monoisotopic (exact) mass is 366 g/mol. The van der Waals surface area contributed by atoms with Crippen molar-refractivity contribution in [2.24, 2.45) is 0 Å². The van der Waals surface area contributed by atoms with Crippen LogP contribution < -0.4 is 10.0 Å². The van der Waals surface area contributed by atoms with Gasteiger partial charge in [-0.05, 0) is 56.2 Å². The Morgan fingerprint density at radius 1 is 1.12 bits per heavy atom. The molecule has 128 valence electrons. The van der Waals surface area contributed by atoms with E-state index in [1.807, 2.05) is 26.0 Å². The molecule has 0 spiro atoms. The number of halogens is 1. The molecule has 0 aliphatic rings. The Morgan fingerprint density at radius 2 is 1.83 bits per heavy atom. The van der Waals surface area contributed by atoms with Gasteiger partial charge in [0.25, 0.3) is 15.9 Å². The molecule has 2 N–H and O–H groups in total. The van der Waals surface area contributed by atoms with Crippen molar-refractivity contribution < 1.29 is 13.2 Å². The van der Waals surface area contributed by atoms with Crippen LogP contribution in [0.3, 0.4) is 0 Å². The van der Waals surface area contributed by atoms with Crippen LogP contribution in [0.15, 0.2) is 41.3 Å². The summed E-state index contributed by atoms with van der Waals surface area (Å²) in [4.78, 5) is 11.8. The van der Waals surface area contributed by atoms with Crippen molar-refractivity contribution in [3.63, 3.8) is 0 Å². The van der Waals surface area contributed by atoms with Crippen LogP contribution in [-0.2, 0) is 10.0 Å². The second-order valence-electron chi connectivity index (χ2n) is 5.43. The molecule has 0 heterocycles. The van der Waals surface area contributed by atoms with Gasteiger partial charge >= 0.3 is 0 Å². The third-order valence-electron chi connectivity index (χ3n) is 3.46. The number of anilines is 1. The number of benzene rings is 2. The summed E-state index contributed by atoms with van der Waals surface area (Å²) in [5, 5.41) is 2.69. The number of hydrogen-bond acceptors (Lipinski definition) is 3. The Bertz CT molecular complexity index is 879. The molecular weight excluding hydrogens is 348 g/mol. The van der Waals surface area contributed by atoms with E-state index in [9.17, 15) is 13.2 Å². The SMILES string of the molecule is CCNC(=O)c1ccc(Cl)c(S(=O)(=O)Nc2cc(C)ccc2C)c1. The largest absolute Gasteiger partial charge is 0.352 e. The highest BCUT2D eigenvalue weighted by Crippen LogP contribution is 2.26. The van der Waals surface area contributed by atoms with E-state index in [2.05, 4.69) is 10.0 Å².